The molecule has 1 heterocycles. The van der Waals surface area contributed by atoms with Gasteiger partial charge in [0, 0.05) is 10.9 Å². The van der Waals surface area contributed by atoms with Crippen molar-refractivity contribution in [3.05, 3.63) is 34.8 Å². The van der Waals surface area contributed by atoms with E-state index in [0.29, 0.717) is 0 Å². The molecule has 0 bridgehead atoms. The molecule has 1 aromatic carbocycles. The highest BCUT2D eigenvalue weighted by Crippen LogP contribution is 2.24. The van der Waals surface area contributed by atoms with E-state index in [-0.39, 0.29) is 16.4 Å². The van der Waals surface area contributed by atoms with Crippen LogP contribution in [0.5, 0.6) is 11.5 Å². The maximum Gasteiger partial charge on any atom is 0.360 e. The number of aromatic nitrogens is 1. The molecule has 0 aliphatic rings. The van der Waals surface area contributed by atoms with Gasteiger partial charge in [-0.15, -0.1) is 11.3 Å². The van der Waals surface area contributed by atoms with Gasteiger partial charge in [0.05, 0.1) is 0 Å². The average molecular weight is 395 g/mol. The number of thiazole rings is 1. The number of carboxylic acid groups (broad SMARTS) is 1. The number of rotatable bonds is 6. The summed E-state index contributed by atoms with van der Waals surface area (Å²) in [5.74, 6) is -3.95. The molecule has 0 saturated carbocycles. The number of hydrogen-bond donors (Lipinski definition) is 6. The lowest BCUT2D eigenvalue weighted by Crippen LogP contribution is -2.43. The highest BCUT2D eigenvalue weighted by Gasteiger charge is 2.17. The molecule has 2 aromatic rings. The number of nitrogens with one attached hydrogen (secondary N) is 2. The zero-order valence-corrected chi connectivity index (χ0v) is 14.2. The molecule has 7 N–H and O–H groups in total. The van der Waals surface area contributed by atoms with E-state index >= 15 is 0 Å². The number of carboxylic acids is 1. The number of nitrogen functional groups attached to an aromatic ring is 1. The van der Waals surface area contributed by atoms with E-state index < -0.39 is 41.6 Å². The Morgan fingerprint density at radius 1 is 1.22 bits per heavy atom. The number of oxime groups is 1. The predicted molar refractivity (Wildman–Crippen MR) is 92.0 cm³/mol. The highest BCUT2D eigenvalue weighted by molar-refractivity contribution is 7.13. The number of nitrogens with two attached hydrogens (primary N) is 1. The van der Waals surface area contributed by atoms with Gasteiger partial charge in [0.25, 0.3) is 11.8 Å². The molecule has 1 aromatic heterocycles. The first-order chi connectivity index (χ1) is 12.8. The standard InChI is InChI=1S/C14H13N5O7S/c15-14-16-7(5-27-14)11(13(24)25)19-26-4-10(22)17-18-12(23)6-1-2-8(20)9(21)3-6/h1-3,5,20-21H,4H2,(H2,15,16)(H,17,22)(H,18,23)(H,24,25)/b19-11-. The molecule has 0 aliphatic heterocycles. The Hall–Kier alpha value is -3.87. The highest BCUT2D eigenvalue weighted by atomic mass is 32.1. The van der Waals surface area contributed by atoms with Gasteiger partial charge in [0.2, 0.25) is 5.71 Å². The molecule has 0 aliphatic carbocycles. The molecule has 27 heavy (non-hydrogen) atoms. The Morgan fingerprint density at radius 3 is 2.56 bits per heavy atom. The molecule has 2 rings (SSSR count). The third kappa shape index (κ3) is 5.30. The average Bonchev–Trinajstić information content (AvgIpc) is 3.04. The molecule has 2 amide bonds. The molecule has 0 atom stereocenters. The molecular weight excluding hydrogens is 382 g/mol. The van der Waals surface area contributed by atoms with Crippen LogP contribution in [0.4, 0.5) is 5.13 Å². The number of amides is 2. The van der Waals surface area contributed by atoms with Gasteiger partial charge < -0.3 is 25.9 Å². The van der Waals surface area contributed by atoms with Crippen LogP contribution < -0.4 is 16.6 Å². The summed E-state index contributed by atoms with van der Waals surface area (Å²) in [7, 11) is 0. The summed E-state index contributed by atoms with van der Waals surface area (Å²) in [4.78, 5) is 42.9. The summed E-state index contributed by atoms with van der Waals surface area (Å²) in [6.07, 6.45) is 0. The number of anilines is 1. The summed E-state index contributed by atoms with van der Waals surface area (Å²) in [5, 5.41) is 32.4. The summed E-state index contributed by atoms with van der Waals surface area (Å²) in [6.45, 7) is -0.697. The third-order valence-electron chi connectivity index (χ3n) is 2.87. The number of nitrogens with zero attached hydrogens (tertiary/aromatic N) is 2. The van der Waals surface area contributed by atoms with Gasteiger partial charge >= 0.3 is 5.97 Å². The number of hydrazine groups is 1. The van der Waals surface area contributed by atoms with Gasteiger partial charge in [-0.3, -0.25) is 20.4 Å². The normalized spacial score (nSPS) is 10.9. The zero-order chi connectivity index (χ0) is 20.0. The van der Waals surface area contributed by atoms with Crippen molar-refractivity contribution in [2.24, 2.45) is 5.16 Å². The van der Waals surface area contributed by atoms with E-state index in [9.17, 15) is 24.6 Å². The SMILES string of the molecule is Nc1nc(/C(=N/OCC(=O)NNC(=O)c2ccc(O)c(O)c2)C(=O)O)cs1. The number of hydrogen-bond acceptors (Lipinski definition) is 10. The molecule has 12 nitrogen and oxygen atoms in total. The summed E-state index contributed by atoms with van der Waals surface area (Å²) >= 11 is 1.01. The van der Waals surface area contributed by atoms with Gasteiger partial charge in [-0.1, -0.05) is 5.16 Å². The van der Waals surface area contributed by atoms with Crippen LogP contribution in [0.25, 0.3) is 0 Å². The van der Waals surface area contributed by atoms with Crippen molar-refractivity contribution in [1.82, 2.24) is 15.8 Å². The van der Waals surface area contributed by atoms with Gasteiger partial charge in [-0.05, 0) is 18.2 Å². The third-order valence-corrected chi connectivity index (χ3v) is 3.55. The predicted octanol–water partition coefficient (Wildman–Crippen LogP) is -0.597. The molecule has 0 spiro atoms. The van der Waals surface area contributed by atoms with Crippen molar-refractivity contribution in [2.45, 2.75) is 0 Å². The second kappa shape index (κ2) is 8.48. The van der Waals surface area contributed by atoms with Crippen molar-refractivity contribution < 1.29 is 34.5 Å². The van der Waals surface area contributed by atoms with Gasteiger partial charge in [0.15, 0.2) is 23.2 Å². The number of benzene rings is 1. The van der Waals surface area contributed by atoms with Crippen molar-refractivity contribution in [1.29, 1.82) is 0 Å². The Labute approximate surface area is 154 Å². The molecule has 13 heteroatoms. The topological polar surface area (TPSA) is 196 Å². The Kier molecular flexibility index (Phi) is 6.11. The quantitative estimate of drug-likeness (QED) is 0.210. The molecular formula is C14H13N5O7S. The number of carbonyl (C=O) groups excluding carboxylic acids is 2. The number of aromatic hydroxyl groups is 2. The fraction of sp³-hybridized carbons (Fsp3) is 0.0714. The van der Waals surface area contributed by atoms with Gasteiger partial charge in [-0.25, -0.2) is 9.78 Å². The van der Waals surface area contributed by atoms with E-state index in [1.807, 2.05) is 10.9 Å². The maximum absolute atomic E-state index is 11.8. The summed E-state index contributed by atoms with van der Waals surface area (Å²) in [5.41, 5.74) is 8.86. The smallest absolute Gasteiger partial charge is 0.360 e. The Bertz CT molecular complexity index is 911. The fourth-order valence-electron chi connectivity index (χ4n) is 1.65. The van der Waals surface area contributed by atoms with Crippen LogP contribution in [0.1, 0.15) is 16.1 Å². The van der Waals surface area contributed by atoms with E-state index in [2.05, 4.69) is 15.0 Å². The van der Waals surface area contributed by atoms with Crippen LogP contribution in [0.15, 0.2) is 28.7 Å². The molecule has 0 saturated heterocycles. The Morgan fingerprint density at radius 2 is 1.96 bits per heavy atom. The number of phenols is 2. The lowest BCUT2D eigenvalue weighted by molar-refractivity contribution is -0.130. The van der Waals surface area contributed by atoms with E-state index in [1.165, 1.54) is 11.4 Å². The summed E-state index contributed by atoms with van der Waals surface area (Å²) < 4.78 is 0. The lowest BCUT2D eigenvalue weighted by atomic mass is 10.2. The minimum absolute atomic E-state index is 0.0224. The molecule has 0 fully saturated rings. The van der Waals surface area contributed by atoms with E-state index in [1.54, 1.807) is 0 Å². The van der Waals surface area contributed by atoms with Gasteiger partial charge in [0.1, 0.15) is 5.69 Å². The number of carbonyl (C=O) groups is 3. The minimum atomic E-state index is -1.43. The van der Waals surface area contributed by atoms with Crippen LogP contribution in [0.2, 0.25) is 0 Å². The van der Waals surface area contributed by atoms with Crippen LogP contribution in [-0.2, 0) is 14.4 Å². The van der Waals surface area contributed by atoms with Gasteiger partial charge in [-0.2, -0.15) is 0 Å². The van der Waals surface area contributed by atoms with Crippen molar-refractivity contribution >= 4 is 40.0 Å². The van der Waals surface area contributed by atoms with Crippen molar-refractivity contribution in [3.8, 4) is 11.5 Å². The fourth-order valence-corrected chi connectivity index (χ4v) is 2.19. The first-order valence-corrected chi connectivity index (χ1v) is 7.91. The maximum atomic E-state index is 11.8. The molecule has 0 unspecified atom stereocenters. The van der Waals surface area contributed by atoms with Crippen LogP contribution >= 0.6 is 11.3 Å². The van der Waals surface area contributed by atoms with E-state index in [4.69, 9.17) is 10.8 Å². The first kappa shape index (κ1) is 19.5. The van der Waals surface area contributed by atoms with Crippen LogP contribution in [-0.4, -0.2) is 50.4 Å². The molecule has 142 valence electrons. The lowest BCUT2D eigenvalue weighted by Gasteiger charge is -2.07. The monoisotopic (exact) mass is 395 g/mol. The first-order valence-electron chi connectivity index (χ1n) is 7.03. The largest absolute Gasteiger partial charge is 0.504 e. The minimum Gasteiger partial charge on any atom is -0.504 e. The zero-order valence-electron chi connectivity index (χ0n) is 13.4. The Balaban J connectivity index is 1.87. The summed E-state index contributed by atoms with van der Waals surface area (Å²) in [6, 6.07) is 3.31. The van der Waals surface area contributed by atoms with E-state index in [0.717, 1.165) is 23.5 Å². The van der Waals surface area contributed by atoms with Crippen LogP contribution in [0.3, 0.4) is 0 Å². The number of phenolic OH excluding ortho intramolecular Hbond substituents is 2. The second-order valence-electron chi connectivity index (χ2n) is 4.80. The molecule has 0 radical (unpaired) electrons. The second-order valence-corrected chi connectivity index (χ2v) is 5.68. The van der Waals surface area contributed by atoms with Crippen molar-refractivity contribution in [2.75, 3.05) is 12.3 Å². The van der Waals surface area contributed by atoms with Crippen molar-refractivity contribution in [3.63, 3.8) is 0 Å². The number of aliphatic carboxylic acids is 1. The van der Waals surface area contributed by atoms with Crippen LogP contribution in [0, 0.1) is 0 Å².